The molecule has 0 aliphatic rings. The largest absolute Gasteiger partial charge is 0.383 e. The molecule has 0 radical (unpaired) electrons. The number of methoxy groups -OCH3 is 1. The average molecular weight is 487 g/mol. The summed E-state index contributed by atoms with van der Waals surface area (Å²) in [6, 6.07) is 9.29. The zero-order valence-corrected chi connectivity index (χ0v) is 19.7. The van der Waals surface area contributed by atoms with Crippen molar-refractivity contribution in [1.82, 2.24) is 4.57 Å². The minimum Gasteiger partial charge on any atom is -0.383 e. The Morgan fingerprint density at radius 1 is 1.20 bits per heavy atom. The third kappa shape index (κ3) is 4.48. The summed E-state index contributed by atoms with van der Waals surface area (Å²) in [7, 11) is -1.93. The van der Waals surface area contributed by atoms with Gasteiger partial charge in [0.25, 0.3) is 5.91 Å². The zero-order chi connectivity index (χ0) is 22.1. The molecule has 3 aromatic rings. The summed E-state index contributed by atoms with van der Waals surface area (Å²) in [5.41, 5.74) is 0.860. The second-order valence-electron chi connectivity index (χ2n) is 6.77. The van der Waals surface area contributed by atoms with Crippen LogP contribution in [-0.2, 0) is 21.1 Å². The number of benzene rings is 2. The van der Waals surface area contributed by atoms with Crippen LogP contribution in [0.1, 0.15) is 24.2 Å². The van der Waals surface area contributed by atoms with Crippen LogP contribution in [0.5, 0.6) is 0 Å². The predicted molar refractivity (Wildman–Crippen MR) is 120 cm³/mol. The highest BCUT2D eigenvalue weighted by atomic mass is 35.5. The Morgan fingerprint density at radius 3 is 2.57 bits per heavy atom. The van der Waals surface area contributed by atoms with E-state index in [4.69, 9.17) is 27.9 Å². The Hall–Kier alpha value is -1.71. The number of halogens is 2. The number of ether oxygens (including phenoxy) is 1. The number of thiazole rings is 1. The summed E-state index contributed by atoms with van der Waals surface area (Å²) < 4.78 is 32.5. The first-order valence-electron chi connectivity index (χ1n) is 9.06. The number of hydrogen-bond acceptors (Lipinski definition) is 5. The first-order valence-corrected chi connectivity index (χ1v) is 12.2. The highest BCUT2D eigenvalue weighted by Gasteiger charge is 2.20. The smallest absolute Gasteiger partial charge is 0.279 e. The number of aromatic nitrogens is 1. The van der Waals surface area contributed by atoms with Gasteiger partial charge in [-0.05, 0) is 44.2 Å². The van der Waals surface area contributed by atoms with E-state index < -0.39 is 21.0 Å². The van der Waals surface area contributed by atoms with Gasteiger partial charge in [0, 0.05) is 19.2 Å². The van der Waals surface area contributed by atoms with Crippen LogP contribution in [-0.4, -0.2) is 37.9 Å². The fourth-order valence-corrected chi connectivity index (χ4v) is 5.59. The molecule has 0 spiro atoms. The molecule has 1 amide bonds. The third-order valence-electron chi connectivity index (χ3n) is 4.47. The normalized spacial score (nSPS) is 12.8. The van der Waals surface area contributed by atoms with Crippen LogP contribution in [0.2, 0.25) is 10.0 Å². The molecule has 1 aromatic heterocycles. The molecule has 0 bridgehead atoms. The minimum atomic E-state index is -3.51. The molecular weight excluding hydrogens is 467 g/mol. The number of hydrogen-bond donors (Lipinski definition) is 0. The summed E-state index contributed by atoms with van der Waals surface area (Å²) in [4.78, 5) is 17.6. The quantitative estimate of drug-likeness (QED) is 0.510. The van der Waals surface area contributed by atoms with Gasteiger partial charge in [-0.15, -0.1) is 0 Å². The van der Waals surface area contributed by atoms with Gasteiger partial charge < -0.3 is 9.30 Å². The van der Waals surface area contributed by atoms with Gasteiger partial charge in [-0.2, -0.15) is 4.99 Å². The molecule has 3 rings (SSSR count). The van der Waals surface area contributed by atoms with E-state index in [9.17, 15) is 13.2 Å². The van der Waals surface area contributed by atoms with Gasteiger partial charge in [-0.3, -0.25) is 4.79 Å². The number of rotatable bonds is 6. The number of sulfone groups is 1. The molecule has 160 valence electrons. The second-order valence-corrected chi connectivity index (χ2v) is 11.1. The lowest BCUT2D eigenvalue weighted by Gasteiger charge is -2.08. The topological polar surface area (TPSA) is 77.7 Å². The fraction of sp³-hybridized carbons (Fsp3) is 0.300. The van der Waals surface area contributed by atoms with Crippen molar-refractivity contribution in [2.24, 2.45) is 4.99 Å². The molecule has 0 unspecified atom stereocenters. The van der Waals surface area contributed by atoms with Gasteiger partial charge in [-0.25, -0.2) is 8.42 Å². The van der Waals surface area contributed by atoms with Crippen molar-refractivity contribution in [2.45, 2.75) is 30.5 Å². The van der Waals surface area contributed by atoms with Gasteiger partial charge >= 0.3 is 0 Å². The Morgan fingerprint density at radius 2 is 1.90 bits per heavy atom. The third-order valence-corrected chi connectivity index (χ3v) is 8.47. The van der Waals surface area contributed by atoms with E-state index in [1.807, 2.05) is 0 Å². The molecule has 2 aromatic carbocycles. The van der Waals surface area contributed by atoms with Crippen molar-refractivity contribution < 1.29 is 17.9 Å². The van der Waals surface area contributed by atoms with Gasteiger partial charge in [-0.1, -0.05) is 40.6 Å². The molecule has 0 aliphatic carbocycles. The first kappa shape index (κ1) is 23.0. The zero-order valence-electron chi connectivity index (χ0n) is 16.6. The van der Waals surface area contributed by atoms with Crippen molar-refractivity contribution in [1.29, 1.82) is 0 Å². The standard InChI is InChI=1S/C20H20Cl2N2O4S2/c1-12(2)30(26,27)14-6-4-5-13(11-14)19(25)23-20-24(9-10-28-3)17-15(21)7-8-16(22)18(17)29-20/h4-8,11-12H,9-10H2,1-3H3. The lowest BCUT2D eigenvalue weighted by molar-refractivity contribution is 0.0997. The van der Waals surface area contributed by atoms with Gasteiger partial charge in [0.2, 0.25) is 0 Å². The molecule has 0 saturated heterocycles. The molecule has 10 heteroatoms. The second kappa shape index (κ2) is 9.20. The van der Waals surface area contributed by atoms with Crippen molar-refractivity contribution in [3.8, 4) is 0 Å². The van der Waals surface area contributed by atoms with Crippen LogP contribution in [0.25, 0.3) is 10.2 Å². The van der Waals surface area contributed by atoms with Crippen molar-refractivity contribution >= 4 is 60.5 Å². The lowest BCUT2D eigenvalue weighted by atomic mass is 10.2. The first-order chi connectivity index (χ1) is 14.2. The van der Waals surface area contributed by atoms with Crippen molar-refractivity contribution in [3.05, 3.63) is 56.8 Å². The fourth-order valence-electron chi connectivity index (χ4n) is 2.82. The maximum atomic E-state index is 12.9. The molecule has 0 saturated carbocycles. The maximum Gasteiger partial charge on any atom is 0.279 e. The van der Waals surface area contributed by atoms with E-state index >= 15 is 0 Å². The molecule has 30 heavy (non-hydrogen) atoms. The van der Waals surface area contributed by atoms with Crippen molar-refractivity contribution in [2.75, 3.05) is 13.7 Å². The van der Waals surface area contributed by atoms with Crippen LogP contribution in [0, 0.1) is 0 Å². The molecule has 0 atom stereocenters. The number of carbonyl (C=O) groups excluding carboxylic acids is 1. The Kier molecular flexibility index (Phi) is 7.04. The highest BCUT2D eigenvalue weighted by molar-refractivity contribution is 7.92. The molecule has 1 heterocycles. The summed E-state index contributed by atoms with van der Waals surface area (Å²) in [6.07, 6.45) is 0. The van der Waals surface area contributed by atoms with Gasteiger partial charge in [0.1, 0.15) is 0 Å². The number of nitrogens with zero attached hydrogens (tertiary/aromatic N) is 2. The Balaban J connectivity index is 2.14. The maximum absolute atomic E-state index is 12.9. The summed E-state index contributed by atoms with van der Waals surface area (Å²) in [5, 5.41) is 0.396. The summed E-state index contributed by atoms with van der Waals surface area (Å²) in [6.45, 7) is 4.00. The van der Waals surface area contributed by atoms with Gasteiger partial charge in [0.05, 0.1) is 37.0 Å². The van der Waals surface area contributed by atoms with E-state index in [1.54, 1.807) is 37.7 Å². The van der Waals surface area contributed by atoms with E-state index in [2.05, 4.69) is 4.99 Å². The number of carbonyl (C=O) groups is 1. The summed E-state index contributed by atoms with van der Waals surface area (Å²) in [5.74, 6) is -0.555. The SMILES string of the molecule is COCCn1c(=NC(=O)c2cccc(S(=O)(=O)C(C)C)c2)sc2c(Cl)ccc(Cl)c21. The van der Waals surface area contributed by atoms with Crippen molar-refractivity contribution in [3.63, 3.8) is 0 Å². The lowest BCUT2D eigenvalue weighted by Crippen LogP contribution is -2.19. The Bertz CT molecular complexity index is 1280. The van der Waals surface area contributed by atoms with Crippen LogP contribution in [0.3, 0.4) is 0 Å². The molecule has 0 aliphatic heterocycles. The van der Waals surface area contributed by atoms with Gasteiger partial charge in [0.15, 0.2) is 14.6 Å². The molecule has 0 fully saturated rings. The predicted octanol–water partition coefficient (Wildman–Crippen LogP) is 4.58. The minimum absolute atomic E-state index is 0.0910. The van der Waals surface area contributed by atoms with E-state index in [0.29, 0.717) is 38.2 Å². The highest BCUT2D eigenvalue weighted by Crippen LogP contribution is 2.32. The number of fused-ring (bicyclic) bond motifs is 1. The van der Waals surface area contributed by atoms with E-state index in [0.717, 1.165) is 0 Å². The van der Waals surface area contributed by atoms with E-state index in [-0.39, 0.29) is 10.5 Å². The van der Waals surface area contributed by atoms with Crippen LogP contribution >= 0.6 is 34.5 Å². The van der Waals surface area contributed by atoms with Crippen LogP contribution < -0.4 is 4.80 Å². The molecule has 6 nitrogen and oxygen atoms in total. The summed E-state index contributed by atoms with van der Waals surface area (Å²) >= 11 is 13.9. The average Bonchev–Trinajstić information content (AvgIpc) is 3.08. The molecule has 0 N–H and O–H groups in total. The van der Waals surface area contributed by atoms with E-state index in [1.165, 1.54) is 35.6 Å². The van der Waals surface area contributed by atoms with Crippen LogP contribution in [0.15, 0.2) is 46.3 Å². The Labute approximate surface area is 188 Å². The van der Waals surface area contributed by atoms with Crippen LogP contribution in [0.4, 0.5) is 0 Å². The number of amides is 1. The monoisotopic (exact) mass is 486 g/mol. The molecular formula is C20H20Cl2N2O4S2.